The monoisotopic (exact) mass is 281 g/mol. The summed E-state index contributed by atoms with van der Waals surface area (Å²) in [6, 6.07) is 5.69. The molecule has 0 spiro atoms. The maximum atomic E-state index is 4.92. The topological polar surface area (TPSA) is 22.1 Å². The van der Waals surface area contributed by atoms with Gasteiger partial charge in [0.25, 0.3) is 0 Å². The molecule has 1 heterocycles. The molecular weight excluding hydrogens is 274 g/mol. The van der Waals surface area contributed by atoms with E-state index in [1.54, 1.807) is 7.11 Å². The lowest BCUT2D eigenvalue weighted by Crippen LogP contribution is -1.89. The van der Waals surface area contributed by atoms with Gasteiger partial charge in [-0.1, -0.05) is 22.0 Å². The molecule has 0 aliphatic carbocycles. The Morgan fingerprint density at radius 3 is 2.82 bits per heavy atom. The van der Waals surface area contributed by atoms with Crippen molar-refractivity contribution >= 4 is 32.9 Å². The van der Waals surface area contributed by atoms with Crippen molar-refractivity contribution in [2.75, 3.05) is 7.11 Å². The number of hydrogen-bond donors (Lipinski definition) is 0. The van der Waals surface area contributed by atoms with E-state index >= 15 is 0 Å². The van der Waals surface area contributed by atoms with Gasteiger partial charge in [0.15, 0.2) is 0 Å². The molecule has 0 saturated carbocycles. The second-order valence-electron chi connectivity index (χ2n) is 1.80. The van der Waals surface area contributed by atoms with Crippen LogP contribution in [0.15, 0.2) is 18.2 Å². The Kier molecular flexibility index (Phi) is 5.50. The van der Waals surface area contributed by atoms with Crippen molar-refractivity contribution in [1.82, 2.24) is 4.98 Å². The number of alkyl halides is 1. The molecule has 0 amide bonds. The van der Waals surface area contributed by atoms with Crippen molar-refractivity contribution in [1.29, 1.82) is 0 Å². The van der Waals surface area contributed by atoms with Crippen molar-refractivity contribution < 1.29 is 4.74 Å². The van der Waals surface area contributed by atoms with Crippen molar-refractivity contribution in [3.05, 3.63) is 23.9 Å². The molecule has 62 valence electrons. The van der Waals surface area contributed by atoms with Gasteiger partial charge in [-0.2, -0.15) is 0 Å². The van der Waals surface area contributed by atoms with Gasteiger partial charge < -0.3 is 4.74 Å². The van der Waals surface area contributed by atoms with E-state index in [9.17, 15) is 0 Å². The Bertz CT molecular complexity index is 198. The molecule has 1 rings (SSSR count). The van der Waals surface area contributed by atoms with Gasteiger partial charge >= 0.3 is 0 Å². The highest BCUT2D eigenvalue weighted by Gasteiger charge is 1.92. The van der Waals surface area contributed by atoms with Crippen LogP contribution in [0.4, 0.5) is 0 Å². The highest BCUT2D eigenvalue weighted by molar-refractivity contribution is 9.08. The Morgan fingerprint density at radius 1 is 1.55 bits per heavy atom. The lowest BCUT2D eigenvalue weighted by molar-refractivity contribution is 0.397. The van der Waals surface area contributed by atoms with Gasteiger partial charge in [0.05, 0.1) is 12.8 Å². The van der Waals surface area contributed by atoms with Crippen molar-refractivity contribution in [2.24, 2.45) is 0 Å². The zero-order chi connectivity index (χ0) is 7.40. The Morgan fingerprint density at radius 2 is 2.27 bits per heavy atom. The van der Waals surface area contributed by atoms with Crippen LogP contribution < -0.4 is 4.74 Å². The molecule has 4 heteroatoms. The summed E-state index contributed by atoms with van der Waals surface area (Å²) in [6.07, 6.45) is 0. The predicted molar refractivity (Wildman–Crippen MR) is 53.7 cm³/mol. The second-order valence-corrected chi connectivity index (χ2v) is 2.37. The highest BCUT2D eigenvalue weighted by atomic mass is 79.9. The number of rotatable bonds is 2. The molecule has 0 aromatic carbocycles. The molecule has 0 fully saturated rings. The van der Waals surface area contributed by atoms with Crippen LogP contribution in [-0.2, 0) is 5.33 Å². The second kappa shape index (κ2) is 5.55. The normalized spacial score (nSPS) is 8.55. The van der Waals surface area contributed by atoms with Crippen LogP contribution in [-0.4, -0.2) is 12.1 Å². The largest absolute Gasteiger partial charge is 0.481 e. The fourth-order valence-corrected chi connectivity index (χ4v) is 0.958. The average Bonchev–Trinajstić information content (AvgIpc) is 2.05. The number of methoxy groups -OCH3 is 1. The zero-order valence-electron chi connectivity index (χ0n) is 6.08. The first-order valence-electron chi connectivity index (χ1n) is 2.92. The van der Waals surface area contributed by atoms with E-state index in [-0.39, 0.29) is 17.0 Å². The standard InChI is InChI=1S/C7H8BrNO.BrH/c1-10-7-4-2-3-6(5-8)9-7;/h2-4H,5H2,1H3;1H. The number of aromatic nitrogens is 1. The lowest BCUT2D eigenvalue weighted by atomic mass is 10.4. The van der Waals surface area contributed by atoms with Crippen LogP contribution in [0.2, 0.25) is 0 Å². The molecule has 11 heavy (non-hydrogen) atoms. The van der Waals surface area contributed by atoms with E-state index in [1.807, 2.05) is 18.2 Å². The molecule has 0 atom stereocenters. The summed E-state index contributed by atoms with van der Waals surface area (Å²) in [5, 5.41) is 0.768. The first-order valence-corrected chi connectivity index (χ1v) is 4.05. The highest BCUT2D eigenvalue weighted by Crippen LogP contribution is 2.08. The average molecular weight is 283 g/mol. The summed E-state index contributed by atoms with van der Waals surface area (Å²) in [5.74, 6) is 0.664. The third-order valence-corrected chi connectivity index (χ3v) is 1.70. The number of pyridine rings is 1. The van der Waals surface area contributed by atoms with E-state index in [0.29, 0.717) is 5.88 Å². The summed E-state index contributed by atoms with van der Waals surface area (Å²) in [6.45, 7) is 0. The van der Waals surface area contributed by atoms with E-state index < -0.39 is 0 Å². The molecule has 0 radical (unpaired) electrons. The number of hydrogen-bond acceptors (Lipinski definition) is 2. The van der Waals surface area contributed by atoms with Gasteiger partial charge in [-0.15, -0.1) is 17.0 Å². The molecule has 0 N–H and O–H groups in total. The van der Waals surface area contributed by atoms with Gasteiger partial charge in [-0.05, 0) is 6.07 Å². The first-order chi connectivity index (χ1) is 4.86. The van der Waals surface area contributed by atoms with Crippen LogP contribution in [0.25, 0.3) is 0 Å². The van der Waals surface area contributed by atoms with Gasteiger partial charge in [0.2, 0.25) is 5.88 Å². The molecule has 0 saturated heterocycles. The Balaban J connectivity index is 0.000001000. The fraction of sp³-hybridized carbons (Fsp3) is 0.286. The van der Waals surface area contributed by atoms with E-state index in [0.717, 1.165) is 11.0 Å². The van der Waals surface area contributed by atoms with E-state index in [2.05, 4.69) is 20.9 Å². The molecule has 1 aromatic heterocycles. The number of nitrogens with zero attached hydrogens (tertiary/aromatic N) is 1. The third-order valence-electron chi connectivity index (χ3n) is 1.13. The first kappa shape index (κ1) is 10.9. The van der Waals surface area contributed by atoms with E-state index in [1.165, 1.54) is 0 Å². The summed E-state index contributed by atoms with van der Waals surface area (Å²) in [7, 11) is 1.61. The molecule has 0 aliphatic heterocycles. The van der Waals surface area contributed by atoms with Crippen molar-refractivity contribution in [2.45, 2.75) is 5.33 Å². The minimum Gasteiger partial charge on any atom is -0.481 e. The maximum absolute atomic E-state index is 4.92. The molecule has 0 unspecified atom stereocenters. The van der Waals surface area contributed by atoms with Gasteiger partial charge in [0, 0.05) is 11.4 Å². The molecule has 0 bridgehead atoms. The summed E-state index contributed by atoms with van der Waals surface area (Å²) in [4.78, 5) is 4.14. The SMILES string of the molecule is Br.COc1cccc(CBr)n1. The van der Waals surface area contributed by atoms with Crippen LogP contribution in [0.5, 0.6) is 5.88 Å². The maximum Gasteiger partial charge on any atom is 0.213 e. The lowest BCUT2D eigenvalue weighted by Gasteiger charge is -1.98. The molecule has 1 aromatic rings. The van der Waals surface area contributed by atoms with Crippen LogP contribution >= 0.6 is 32.9 Å². The number of halogens is 2. The third kappa shape index (κ3) is 3.20. The van der Waals surface area contributed by atoms with E-state index in [4.69, 9.17) is 4.74 Å². The minimum absolute atomic E-state index is 0. The summed E-state index contributed by atoms with van der Waals surface area (Å²) in [5.41, 5.74) is 0.986. The molecular formula is C7H9Br2NO. The fourth-order valence-electron chi connectivity index (χ4n) is 0.646. The van der Waals surface area contributed by atoms with Gasteiger partial charge in [0.1, 0.15) is 0 Å². The van der Waals surface area contributed by atoms with Crippen LogP contribution in [0.3, 0.4) is 0 Å². The predicted octanol–water partition coefficient (Wildman–Crippen LogP) is 2.56. The smallest absolute Gasteiger partial charge is 0.213 e. The summed E-state index contributed by atoms with van der Waals surface area (Å²) >= 11 is 3.30. The van der Waals surface area contributed by atoms with Crippen LogP contribution in [0, 0.1) is 0 Å². The summed E-state index contributed by atoms with van der Waals surface area (Å²) < 4.78 is 4.92. The molecule has 0 aliphatic rings. The van der Waals surface area contributed by atoms with Crippen molar-refractivity contribution in [3.63, 3.8) is 0 Å². The van der Waals surface area contributed by atoms with Gasteiger partial charge in [-0.3, -0.25) is 0 Å². The minimum atomic E-state index is 0. The Labute approximate surface area is 84.9 Å². The number of ether oxygens (including phenoxy) is 1. The molecule has 2 nitrogen and oxygen atoms in total. The Hall–Kier alpha value is -0.0900. The quantitative estimate of drug-likeness (QED) is 0.778. The van der Waals surface area contributed by atoms with Gasteiger partial charge in [-0.25, -0.2) is 4.98 Å². The van der Waals surface area contributed by atoms with Crippen molar-refractivity contribution in [3.8, 4) is 5.88 Å². The zero-order valence-corrected chi connectivity index (χ0v) is 9.38. The van der Waals surface area contributed by atoms with Crippen LogP contribution in [0.1, 0.15) is 5.69 Å².